The maximum Gasteiger partial charge on any atom is 0.312 e. The van der Waals surface area contributed by atoms with Crippen molar-refractivity contribution < 1.29 is 34.0 Å². The number of ether oxygens (including phenoxy) is 3. The molecule has 7 nitrogen and oxygen atoms in total. The van der Waals surface area contributed by atoms with Gasteiger partial charge in [-0.1, -0.05) is 0 Å². The molecule has 18 heavy (non-hydrogen) atoms. The molecule has 3 aliphatic rings. The molecule has 0 aromatic rings. The predicted octanol–water partition coefficient (Wildman–Crippen LogP) is -1.72. The summed E-state index contributed by atoms with van der Waals surface area (Å²) in [6, 6.07) is 0. The predicted molar refractivity (Wildman–Crippen MR) is 54.2 cm³/mol. The monoisotopic (exact) mass is 256 g/mol. The van der Waals surface area contributed by atoms with Crippen molar-refractivity contribution in [2.75, 3.05) is 13.7 Å². The molecule has 0 amide bonds. The molecule has 0 aromatic carbocycles. The molecule has 0 radical (unpaired) electrons. The Morgan fingerprint density at radius 2 is 2.22 bits per heavy atom. The highest BCUT2D eigenvalue weighted by atomic mass is 16.8. The molecular weight excluding hydrogens is 244 g/mol. The molecule has 1 aliphatic carbocycles. The Kier molecular flexibility index (Phi) is 2.08. The molecule has 4 atom stereocenters. The number of carbonyl (C=O) groups excluding carboxylic acids is 2. The second-order valence-electron chi connectivity index (χ2n) is 4.67. The van der Waals surface area contributed by atoms with Crippen molar-refractivity contribution in [1.29, 1.82) is 0 Å². The molecule has 98 valence electrons. The van der Waals surface area contributed by atoms with Crippen molar-refractivity contribution in [2.45, 2.75) is 29.5 Å². The molecule has 0 unspecified atom stereocenters. The van der Waals surface area contributed by atoms with Crippen molar-refractivity contribution in [3.05, 3.63) is 12.2 Å². The van der Waals surface area contributed by atoms with Crippen molar-refractivity contribution >= 4 is 11.8 Å². The van der Waals surface area contributed by atoms with Gasteiger partial charge >= 0.3 is 5.97 Å². The van der Waals surface area contributed by atoms with Gasteiger partial charge < -0.3 is 24.4 Å². The number of hydrogen-bond acceptors (Lipinski definition) is 7. The molecule has 3 rings (SSSR count). The molecule has 2 fully saturated rings. The number of esters is 1. The first-order valence-corrected chi connectivity index (χ1v) is 5.46. The van der Waals surface area contributed by atoms with Gasteiger partial charge in [0.25, 0.3) is 5.60 Å². The fraction of sp³-hybridized carbons (Fsp3) is 0.636. The number of carbonyl (C=O) groups is 2. The van der Waals surface area contributed by atoms with Crippen LogP contribution in [-0.4, -0.2) is 58.8 Å². The minimum Gasteiger partial charge on any atom is -0.441 e. The quantitative estimate of drug-likeness (QED) is 0.538. The summed E-state index contributed by atoms with van der Waals surface area (Å²) in [6.45, 7) is -0.356. The summed E-state index contributed by atoms with van der Waals surface area (Å²) in [7, 11) is 1.26. The van der Waals surface area contributed by atoms with E-state index in [1.54, 1.807) is 0 Å². The highest BCUT2D eigenvalue weighted by Gasteiger charge is 2.82. The molecule has 2 heterocycles. The van der Waals surface area contributed by atoms with Crippen LogP contribution in [0.3, 0.4) is 0 Å². The van der Waals surface area contributed by atoms with E-state index in [1.807, 2.05) is 0 Å². The lowest BCUT2D eigenvalue weighted by molar-refractivity contribution is -0.250. The van der Waals surface area contributed by atoms with Gasteiger partial charge in [-0.3, -0.25) is 9.59 Å². The van der Waals surface area contributed by atoms with Crippen LogP contribution in [0.1, 0.15) is 6.42 Å². The minimum absolute atomic E-state index is 0.307. The molecule has 0 bridgehead atoms. The number of ketones is 1. The fourth-order valence-electron chi connectivity index (χ4n) is 2.97. The Labute approximate surface area is 102 Å². The zero-order valence-corrected chi connectivity index (χ0v) is 9.58. The molecule has 0 saturated carbocycles. The normalized spacial score (nSPS) is 50.1. The van der Waals surface area contributed by atoms with Crippen LogP contribution in [-0.2, 0) is 23.8 Å². The van der Waals surface area contributed by atoms with Crippen LogP contribution in [0.25, 0.3) is 0 Å². The SMILES string of the molecule is CO[C@]12CC(=O)O[C@]13C(=O)C=C[C@@H](O)[C@]3(O)CO2. The average Bonchev–Trinajstić information content (AvgIpc) is 2.77. The van der Waals surface area contributed by atoms with E-state index in [9.17, 15) is 19.8 Å². The second-order valence-corrected chi connectivity index (χ2v) is 4.67. The van der Waals surface area contributed by atoms with Gasteiger partial charge in [0.15, 0.2) is 5.60 Å². The van der Waals surface area contributed by atoms with Gasteiger partial charge in [-0.2, -0.15) is 0 Å². The zero-order chi connectivity index (χ0) is 13.2. The van der Waals surface area contributed by atoms with E-state index in [-0.39, 0.29) is 13.0 Å². The maximum absolute atomic E-state index is 12.1. The summed E-state index contributed by atoms with van der Waals surface area (Å²) < 4.78 is 15.5. The molecule has 1 spiro atoms. The Hall–Kier alpha value is -1.28. The molecule has 2 aliphatic heterocycles. The van der Waals surface area contributed by atoms with E-state index in [0.29, 0.717) is 0 Å². The van der Waals surface area contributed by atoms with Gasteiger partial charge in [-0.25, -0.2) is 0 Å². The lowest BCUT2D eigenvalue weighted by atomic mass is 9.70. The number of hydrogen-bond donors (Lipinski definition) is 2. The summed E-state index contributed by atoms with van der Waals surface area (Å²) in [5, 5.41) is 20.4. The van der Waals surface area contributed by atoms with E-state index < -0.39 is 34.8 Å². The molecule has 2 saturated heterocycles. The van der Waals surface area contributed by atoms with Gasteiger partial charge in [0.2, 0.25) is 11.6 Å². The molecule has 2 N–H and O–H groups in total. The third-order valence-corrected chi connectivity index (χ3v) is 3.91. The van der Waals surface area contributed by atoms with Crippen LogP contribution in [0.4, 0.5) is 0 Å². The fourth-order valence-corrected chi connectivity index (χ4v) is 2.97. The van der Waals surface area contributed by atoms with Gasteiger partial charge in [0, 0.05) is 7.11 Å². The van der Waals surface area contributed by atoms with Gasteiger partial charge in [-0.05, 0) is 12.2 Å². The van der Waals surface area contributed by atoms with E-state index in [1.165, 1.54) is 7.11 Å². The van der Waals surface area contributed by atoms with Crippen LogP contribution in [0.5, 0.6) is 0 Å². The molecule has 0 aromatic heterocycles. The lowest BCUT2D eigenvalue weighted by Crippen LogP contribution is -2.71. The maximum atomic E-state index is 12.1. The van der Waals surface area contributed by atoms with Crippen molar-refractivity contribution in [2.24, 2.45) is 0 Å². The first-order valence-electron chi connectivity index (χ1n) is 5.46. The smallest absolute Gasteiger partial charge is 0.312 e. The summed E-state index contributed by atoms with van der Waals surface area (Å²) in [6.07, 6.45) is 0.533. The third kappa shape index (κ3) is 0.960. The Morgan fingerprint density at radius 1 is 1.50 bits per heavy atom. The van der Waals surface area contributed by atoms with E-state index in [0.717, 1.165) is 12.2 Å². The average molecular weight is 256 g/mol. The topological polar surface area (TPSA) is 102 Å². The van der Waals surface area contributed by atoms with E-state index in [2.05, 4.69) is 0 Å². The summed E-state index contributed by atoms with van der Waals surface area (Å²) in [4.78, 5) is 23.7. The minimum atomic E-state index is -2.03. The standard InChI is InChI=1S/C11H12O7/c1-16-10-4-8(14)18-11(10)7(13)3-2-6(12)9(11,15)5-17-10/h2-3,6,12,15H,4-5H2,1H3/t6-,9-,10+,11+/m1/s1. The molecular formula is C11H12O7. The molecule has 7 heteroatoms. The van der Waals surface area contributed by atoms with Gasteiger partial charge in [0.1, 0.15) is 12.5 Å². The summed E-state index contributed by atoms with van der Waals surface area (Å²) in [5.41, 5.74) is -4.05. The van der Waals surface area contributed by atoms with E-state index in [4.69, 9.17) is 14.2 Å². The third-order valence-electron chi connectivity index (χ3n) is 3.91. The summed E-state index contributed by atoms with van der Waals surface area (Å²) >= 11 is 0. The highest BCUT2D eigenvalue weighted by molar-refractivity contribution is 6.04. The Morgan fingerprint density at radius 3 is 2.89 bits per heavy atom. The largest absolute Gasteiger partial charge is 0.441 e. The number of methoxy groups -OCH3 is 1. The van der Waals surface area contributed by atoms with Crippen LogP contribution < -0.4 is 0 Å². The van der Waals surface area contributed by atoms with Gasteiger partial charge in [0.05, 0.1) is 6.61 Å². The van der Waals surface area contributed by atoms with Crippen molar-refractivity contribution in [3.8, 4) is 0 Å². The Bertz CT molecular complexity index is 468. The number of aliphatic hydroxyl groups excluding tert-OH is 1. The second kappa shape index (κ2) is 3.18. The number of rotatable bonds is 1. The lowest BCUT2D eigenvalue weighted by Gasteiger charge is -2.43. The summed E-state index contributed by atoms with van der Waals surface area (Å²) in [5.74, 6) is -3.05. The van der Waals surface area contributed by atoms with Crippen LogP contribution >= 0.6 is 0 Å². The van der Waals surface area contributed by atoms with Crippen molar-refractivity contribution in [1.82, 2.24) is 0 Å². The van der Waals surface area contributed by atoms with Crippen LogP contribution in [0.15, 0.2) is 12.2 Å². The zero-order valence-electron chi connectivity index (χ0n) is 9.58. The Balaban J connectivity index is 2.25. The van der Waals surface area contributed by atoms with E-state index >= 15 is 0 Å². The van der Waals surface area contributed by atoms with Crippen LogP contribution in [0.2, 0.25) is 0 Å². The van der Waals surface area contributed by atoms with Gasteiger partial charge in [-0.15, -0.1) is 0 Å². The highest BCUT2D eigenvalue weighted by Crippen LogP contribution is 2.55. The van der Waals surface area contributed by atoms with Crippen LogP contribution in [0, 0.1) is 0 Å². The number of aliphatic hydroxyl groups is 2. The first-order chi connectivity index (χ1) is 8.42. The van der Waals surface area contributed by atoms with Crippen molar-refractivity contribution in [3.63, 3.8) is 0 Å². The first kappa shape index (κ1) is 11.8.